The maximum atomic E-state index is 13.9. The van der Waals surface area contributed by atoms with Gasteiger partial charge in [-0.3, -0.25) is 10.1 Å². The van der Waals surface area contributed by atoms with Gasteiger partial charge in [0.15, 0.2) is 16.6 Å². The Bertz CT molecular complexity index is 1580. The molecular formula is C24H19FN6O2S. The van der Waals surface area contributed by atoms with Crippen LogP contribution in [0.5, 0.6) is 5.75 Å². The van der Waals surface area contributed by atoms with Gasteiger partial charge >= 0.3 is 0 Å². The molecule has 0 atom stereocenters. The number of nitrogens with one attached hydrogen (secondary N) is 1. The van der Waals surface area contributed by atoms with Gasteiger partial charge in [-0.25, -0.2) is 19.3 Å². The van der Waals surface area contributed by atoms with Crippen LogP contribution in [0.25, 0.3) is 27.1 Å². The number of anilines is 1. The molecule has 4 aromatic heterocycles. The van der Waals surface area contributed by atoms with Crippen LogP contribution < -0.4 is 10.1 Å². The lowest BCUT2D eigenvalue weighted by Crippen LogP contribution is -2.13. The Morgan fingerprint density at radius 3 is 2.82 bits per heavy atom. The van der Waals surface area contributed by atoms with Gasteiger partial charge in [-0.05, 0) is 44.0 Å². The van der Waals surface area contributed by atoms with Crippen molar-refractivity contribution in [3.05, 3.63) is 65.4 Å². The van der Waals surface area contributed by atoms with Gasteiger partial charge in [0.05, 0.1) is 28.5 Å². The number of aromatic nitrogens is 5. The van der Waals surface area contributed by atoms with E-state index in [4.69, 9.17) is 9.72 Å². The fourth-order valence-electron chi connectivity index (χ4n) is 4.05. The Morgan fingerprint density at radius 2 is 2.09 bits per heavy atom. The maximum absolute atomic E-state index is 13.9. The number of hydrogen-bond donors (Lipinski definition) is 1. The summed E-state index contributed by atoms with van der Waals surface area (Å²) in [4.78, 5) is 27.2. The van der Waals surface area contributed by atoms with Crippen molar-refractivity contribution in [1.82, 2.24) is 24.7 Å². The van der Waals surface area contributed by atoms with Gasteiger partial charge in [0.1, 0.15) is 17.1 Å². The molecule has 10 heteroatoms. The topological polar surface area (TPSA) is 94.8 Å². The predicted molar refractivity (Wildman–Crippen MR) is 127 cm³/mol. The van der Waals surface area contributed by atoms with Crippen molar-refractivity contribution in [3.63, 3.8) is 0 Å². The molecule has 6 rings (SSSR count). The summed E-state index contributed by atoms with van der Waals surface area (Å²) < 4.78 is 21.4. The molecular weight excluding hydrogens is 455 g/mol. The Hall–Kier alpha value is -3.92. The first-order valence-corrected chi connectivity index (χ1v) is 11.6. The average Bonchev–Trinajstić information content (AvgIpc) is 3.54. The molecule has 34 heavy (non-hydrogen) atoms. The zero-order chi connectivity index (χ0) is 23.4. The highest BCUT2D eigenvalue weighted by molar-refractivity contribution is 7.22. The number of nitrogens with zero attached hydrogens (tertiary/aromatic N) is 5. The number of methoxy groups -OCH3 is 1. The third-order valence-corrected chi connectivity index (χ3v) is 6.72. The molecule has 1 aliphatic carbocycles. The fourth-order valence-corrected chi connectivity index (χ4v) is 4.96. The zero-order valence-corrected chi connectivity index (χ0v) is 19.2. The third kappa shape index (κ3) is 3.47. The number of hydrogen-bond acceptors (Lipinski definition) is 7. The lowest BCUT2D eigenvalue weighted by molar-refractivity contribution is 0.102. The standard InChI is InChI=1S/C24H19FN6O2S/c1-12-20-15(23(32)29-24-28-21-17(33-2)9-14(25)10-18(21)34-24)11-16(13-6-7-13)27-22(20)31(30-12)19-5-3-4-8-26-19/h3-5,8-11,13H,6-7H2,1-2H3,(H,28,29,32). The Labute approximate surface area is 197 Å². The number of thiazole rings is 1. The van der Waals surface area contributed by atoms with Gasteiger partial charge in [0.25, 0.3) is 5.91 Å². The molecule has 1 N–H and O–H groups in total. The van der Waals surface area contributed by atoms with E-state index in [1.165, 1.54) is 30.6 Å². The second-order valence-corrected chi connectivity index (χ2v) is 9.21. The second kappa shape index (κ2) is 7.84. The van der Waals surface area contributed by atoms with Gasteiger partial charge in [0, 0.05) is 23.9 Å². The Balaban J connectivity index is 1.46. The van der Waals surface area contributed by atoms with Crippen LogP contribution in [0.15, 0.2) is 42.6 Å². The summed E-state index contributed by atoms with van der Waals surface area (Å²) in [6.45, 7) is 1.85. The molecule has 8 nitrogen and oxygen atoms in total. The van der Waals surface area contributed by atoms with E-state index in [1.54, 1.807) is 10.9 Å². The molecule has 1 amide bonds. The third-order valence-electron chi connectivity index (χ3n) is 5.80. The molecule has 0 radical (unpaired) electrons. The van der Waals surface area contributed by atoms with Crippen molar-refractivity contribution in [2.75, 3.05) is 12.4 Å². The van der Waals surface area contributed by atoms with Crippen LogP contribution in [0.3, 0.4) is 0 Å². The second-order valence-electron chi connectivity index (χ2n) is 8.18. The lowest BCUT2D eigenvalue weighted by Gasteiger charge is -2.08. The Kier molecular flexibility index (Phi) is 4.77. The van der Waals surface area contributed by atoms with E-state index >= 15 is 0 Å². The fraction of sp³-hybridized carbons (Fsp3) is 0.208. The minimum atomic E-state index is -0.423. The minimum absolute atomic E-state index is 0.321. The number of aryl methyl sites for hydroxylation is 1. The number of pyridine rings is 2. The number of rotatable bonds is 5. The summed E-state index contributed by atoms with van der Waals surface area (Å²) in [6.07, 6.45) is 3.78. The molecule has 0 unspecified atom stereocenters. The van der Waals surface area contributed by atoms with Crippen molar-refractivity contribution in [3.8, 4) is 11.6 Å². The number of ether oxygens (including phenoxy) is 1. The van der Waals surface area contributed by atoms with Gasteiger partial charge in [0.2, 0.25) is 0 Å². The van der Waals surface area contributed by atoms with Crippen molar-refractivity contribution >= 4 is 43.6 Å². The lowest BCUT2D eigenvalue weighted by atomic mass is 10.1. The number of benzene rings is 1. The smallest absolute Gasteiger partial charge is 0.258 e. The Morgan fingerprint density at radius 1 is 1.24 bits per heavy atom. The first kappa shape index (κ1) is 20.7. The van der Waals surface area contributed by atoms with Crippen LogP contribution in [-0.4, -0.2) is 37.7 Å². The van der Waals surface area contributed by atoms with Crippen LogP contribution in [0.4, 0.5) is 9.52 Å². The summed E-state index contributed by atoms with van der Waals surface area (Å²) in [5.41, 5.74) is 3.11. The van der Waals surface area contributed by atoms with E-state index in [-0.39, 0.29) is 5.91 Å². The molecule has 0 bridgehead atoms. The van der Waals surface area contributed by atoms with Gasteiger partial charge in [-0.1, -0.05) is 17.4 Å². The highest BCUT2D eigenvalue weighted by atomic mass is 32.1. The van der Waals surface area contributed by atoms with Gasteiger partial charge in [-0.15, -0.1) is 0 Å². The highest BCUT2D eigenvalue weighted by Crippen LogP contribution is 2.41. The molecule has 4 heterocycles. The molecule has 1 saturated carbocycles. The van der Waals surface area contributed by atoms with Crippen LogP contribution in [-0.2, 0) is 0 Å². The number of carbonyl (C=O) groups is 1. The number of amides is 1. The predicted octanol–water partition coefficient (Wildman–Crippen LogP) is 5.01. The first-order valence-electron chi connectivity index (χ1n) is 10.8. The highest BCUT2D eigenvalue weighted by Gasteiger charge is 2.29. The number of fused-ring (bicyclic) bond motifs is 2. The van der Waals surface area contributed by atoms with E-state index in [1.807, 2.05) is 31.2 Å². The summed E-state index contributed by atoms with van der Waals surface area (Å²) in [5, 5.41) is 8.54. The van der Waals surface area contributed by atoms with E-state index in [9.17, 15) is 9.18 Å². The van der Waals surface area contributed by atoms with Crippen molar-refractivity contribution < 1.29 is 13.9 Å². The molecule has 1 aromatic carbocycles. The van der Waals surface area contributed by atoms with Crippen LogP contribution in [0.1, 0.15) is 40.5 Å². The average molecular weight is 475 g/mol. The molecule has 5 aromatic rings. The zero-order valence-electron chi connectivity index (χ0n) is 18.4. The molecule has 0 saturated heterocycles. The quantitative estimate of drug-likeness (QED) is 0.385. The normalized spacial score (nSPS) is 13.5. The minimum Gasteiger partial charge on any atom is -0.494 e. The summed E-state index contributed by atoms with van der Waals surface area (Å²) in [6, 6.07) is 10.1. The molecule has 170 valence electrons. The number of carbonyl (C=O) groups excluding carboxylic acids is 1. The van der Waals surface area contributed by atoms with Crippen molar-refractivity contribution in [1.29, 1.82) is 0 Å². The van der Waals surface area contributed by atoms with E-state index in [0.717, 1.165) is 18.5 Å². The van der Waals surface area contributed by atoms with Gasteiger partial charge in [-0.2, -0.15) is 9.78 Å². The first-order chi connectivity index (χ1) is 16.5. The summed E-state index contributed by atoms with van der Waals surface area (Å²) >= 11 is 1.19. The maximum Gasteiger partial charge on any atom is 0.258 e. The van der Waals surface area contributed by atoms with Crippen LogP contribution >= 0.6 is 11.3 Å². The van der Waals surface area contributed by atoms with Crippen LogP contribution in [0.2, 0.25) is 0 Å². The van der Waals surface area contributed by atoms with Gasteiger partial charge < -0.3 is 4.74 Å². The molecule has 1 fully saturated rings. The molecule has 0 spiro atoms. The molecule has 1 aliphatic rings. The van der Waals surface area contributed by atoms with E-state index < -0.39 is 5.82 Å². The van der Waals surface area contributed by atoms with Crippen molar-refractivity contribution in [2.45, 2.75) is 25.7 Å². The van der Waals surface area contributed by atoms with Crippen molar-refractivity contribution in [2.24, 2.45) is 0 Å². The van der Waals surface area contributed by atoms with Crippen LogP contribution in [0, 0.1) is 12.7 Å². The number of halogens is 1. The monoisotopic (exact) mass is 474 g/mol. The SMILES string of the molecule is COc1cc(F)cc2sc(NC(=O)c3cc(C4CC4)nc4c3c(C)nn4-c3ccccn3)nc12. The largest absolute Gasteiger partial charge is 0.494 e. The van der Waals surface area contributed by atoms with E-state index in [2.05, 4.69) is 20.4 Å². The molecule has 0 aliphatic heterocycles. The van der Waals surface area contributed by atoms with E-state index in [0.29, 0.717) is 55.1 Å². The summed E-state index contributed by atoms with van der Waals surface area (Å²) in [7, 11) is 1.46. The summed E-state index contributed by atoms with van der Waals surface area (Å²) in [5.74, 6) is 0.539.